The zero-order valence-corrected chi connectivity index (χ0v) is 22.4. The fourth-order valence-corrected chi connectivity index (χ4v) is 6.10. The van der Waals surface area contributed by atoms with E-state index in [2.05, 4.69) is 20.3 Å². The number of allylic oxidation sites excluding steroid dienone is 3. The minimum absolute atomic E-state index is 0.201. The number of hydrogen-bond donors (Lipinski definition) is 4. The van der Waals surface area contributed by atoms with Gasteiger partial charge in [0.05, 0.1) is 24.7 Å². The van der Waals surface area contributed by atoms with E-state index in [1.54, 1.807) is 30.6 Å². The lowest BCUT2D eigenvalue weighted by Crippen LogP contribution is -2.36. The van der Waals surface area contributed by atoms with Crippen molar-refractivity contribution in [3.05, 3.63) is 54.5 Å². The topological polar surface area (TPSA) is 137 Å². The Morgan fingerprint density at radius 2 is 1.79 bits per heavy atom. The second-order valence-electron chi connectivity index (χ2n) is 9.53. The highest BCUT2D eigenvalue weighted by molar-refractivity contribution is 7.90. The van der Waals surface area contributed by atoms with Crippen LogP contribution in [0.2, 0.25) is 0 Å². The summed E-state index contributed by atoms with van der Waals surface area (Å²) < 4.78 is 32.0. The Bertz CT molecular complexity index is 1440. The van der Waals surface area contributed by atoms with Crippen LogP contribution in [0.15, 0.2) is 54.5 Å². The lowest BCUT2D eigenvalue weighted by atomic mass is 9.93. The Kier molecular flexibility index (Phi) is 7.52. The first-order valence-electron chi connectivity index (χ1n) is 13.1. The van der Waals surface area contributed by atoms with Gasteiger partial charge in [-0.15, -0.1) is 0 Å². The third kappa shape index (κ3) is 5.60. The highest BCUT2D eigenvalue weighted by atomic mass is 32.2. The summed E-state index contributed by atoms with van der Waals surface area (Å²) >= 11 is 0. The molecule has 1 fully saturated rings. The van der Waals surface area contributed by atoms with E-state index in [4.69, 9.17) is 9.97 Å². The summed E-state index contributed by atoms with van der Waals surface area (Å²) in [7, 11) is -3.74. The van der Waals surface area contributed by atoms with Crippen LogP contribution < -0.4 is 15.4 Å². The van der Waals surface area contributed by atoms with Crippen LogP contribution in [0.4, 0.5) is 23.1 Å². The van der Waals surface area contributed by atoms with E-state index in [0.717, 1.165) is 49.3 Å². The summed E-state index contributed by atoms with van der Waals surface area (Å²) in [6.07, 6.45) is 10.9. The number of fused-ring (bicyclic) bond motifs is 1. The molecule has 2 aliphatic rings. The minimum Gasteiger partial charge on any atom is -0.393 e. The van der Waals surface area contributed by atoms with Gasteiger partial charge in [0.1, 0.15) is 0 Å². The molecule has 0 spiro atoms. The zero-order valence-electron chi connectivity index (χ0n) is 21.6. The number of aryl methyl sites for hydroxylation is 1. The first-order valence-corrected chi connectivity index (χ1v) is 14.5. The van der Waals surface area contributed by atoms with Crippen molar-refractivity contribution in [3.63, 3.8) is 0 Å². The lowest BCUT2D eigenvalue weighted by molar-refractivity contribution is 0.126. The number of benzene rings is 1. The maximum Gasteiger partial charge on any atom is 0.323 e. The minimum atomic E-state index is -3.74. The highest BCUT2D eigenvalue weighted by Crippen LogP contribution is 2.28. The molecule has 1 aliphatic heterocycles. The maximum absolute atomic E-state index is 13.0. The number of anilines is 4. The van der Waals surface area contributed by atoms with Crippen molar-refractivity contribution in [2.24, 2.45) is 0 Å². The molecule has 0 saturated heterocycles. The predicted molar refractivity (Wildman–Crippen MR) is 149 cm³/mol. The van der Waals surface area contributed by atoms with Crippen LogP contribution in [-0.4, -0.2) is 56.0 Å². The second kappa shape index (κ2) is 11.0. The van der Waals surface area contributed by atoms with Crippen molar-refractivity contribution >= 4 is 44.5 Å². The van der Waals surface area contributed by atoms with E-state index in [1.165, 1.54) is 4.31 Å². The van der Waals surface area contributed by atoms with Crippen molar-refractivity contribution in [1.29, 1.82) is 0 Å². The second-order valence-corrected chi connectivity index (χ2v) is 11.1. The van der Waals surface area contributed by atoms with Crippen LogP contribution in [0.3, 0.4) is 0 Å². The summed E-state index contributed by atoms with van der Waals surface area (Å²) in [5.41, 5.74) is 3.32. The molecule has 0 unspecified atom stereocenters. The molecule has 11 nitrogen and oxygen atoms in total. The van der Waals surface area contributed by atoms with E-state index >= 15 is 0 Å². The largest absolute Gasteiger partial charge is 0.393 e. The lowest BCUT2D eigenvalue weighted by Gasteiger charge is -2.27. The van der Waals surface area contributed by atoms with E-state index < -0.39 is 10.2 Å². The fraction of sp³-hybridized carbons (Fsp3) is 0.423. The normalized spacial score (nSPS) is 19.9. The molecule has 4 N–H and O–H groups in total. The van der Waals surface area contributed by atoms with Gasteiger partial charge < -0.3 is 20.3 Å². The third-order valence-electron chi connectivity index (χ3n) is 6.90. The quantitative estimate of drug-likeness (QED) is 0.319. The Hall–Kier alpha value is -3.64. The molecule has 3 aromatic rings. The average Bonchev–Trinajstić information content (AvgIpc) is 3.34. The van der Waals surface area contributed by atoms with E-state index in [1.807, 2.05) is 36.6 Å². The van der Waals surface area contributed by atoms with Crippen LogP contribution in [0, 0.1) is 0 Å². The van der Waals surface area contributed by atoms with Gasteiger partial charge in [-0.1, -0.05) is 19.1 Å². The Morgan fingerprint density at radius 3 is 2.50 bits per heavy atom. The Morgan fingerprint density at radius 1 is 1.05 bits per heavy atom. The van der Waals surface area contributed by atoms with Crippen molar-refractivity contribution in [3.8, 4) is 0 Å². The molecule has 1 saturated carbocycles. The van der Waals surface area contributed by atoms with Gasteiger partial charge in [-0.05, 0) is 69.4 Å². The number of aliphatic hydroxyl groups excluding tert-OH is 1. The van der Waals surface area contributed by atoms with E-state index in [9.17, 15) is 13.5 Å². The first-order chi connectivity index (χ1) is 18.4. The molecule has 3 heterocycles. The van der Waals surface area contributed by atoms with Crippen LogP contribution in [0.1, 0.15) is 46.0 Å². The van der Waals surface area contributed by atoms with Gasteiger partial charge in [-0.3, -0.25) is 9.03 Å². The average molecular weight is 539 g/mol. The molecular weight excluding hydrogens is 504 g/mol. The number of nitrogens with one attached hydrogen (secondary N) is 3. The van der Waals surface area contributed by atoms with Crippen LogP contribution in [-0.2, 0) is 16.8 Å². The number of imidazole rings is 1. The number of rotatable bonds is 9. The molecule has 1 aliphatic carbocycles. The van der Waals surface area contributed by atoms with Gasteiger partial charge in [-0.2, -0.15) is 18.4 Å². The zero-order chi connectivity index (χ0) is 26.7. The summed E-state index contributed by atoms with van der Waals surface area (Å²) in [4.78, 5) is 14.0. The standard InChI is InChI=1S/C26H34N8O3S/c1-3-21-7-5-6-16-34(21)38(36,37)32-20-10-8-18(9-11-20)28-24-23-25(33(4-2)17-27-23)31-26(30-24)29-19-12-14-22(35)15-13-19/h5-11,17,19,22,32,35H,3-4,12-16H2,1-2H3,(H2,28,29,30,31). The van der Waals surface area contributed by atoms with Crippen LogP contribution in [0.25, 0.3) is 11.2 Å². The van der Waals surface area contributed by atoms with Crippen molar-refractivity contribution in [2.75, 3.05) is 21.9 Å². The Balaban J connectivity index is 1.34. The van der Waals surface area contributed by atoms with Gasteiger partial charge in [0.25, 0.3) is 0 Å². The Labute approximate surface area is 222 Å². The third-order valence-corrected chi connectivity index (χ3v) is 8.36. The van der Waals surface area contributed by atoms with Crippen LogP contribution in [0.5, 0.6) is 0 Å². The molecule has 38 heavy (non-hydrogen) atoms. The van der Waals surface area contributed by atoms with Crippen molar-refractivity contribution in [1.82, 2.24) is 23.8 Å². The van der Waals surface area contributed by atoms with Crippen molar-refractivity contribution in [2.45, 2.75) is 64.6 Å². The van der Waals surface area contributed by atoms with Gasteiger partial charge in [0.2, 0.25) is 5.95 Å². The number of nitrogens with zero attached hydrogens (tertiary/aromatic N) is 5. The number of hydrogen-bond acceptors (Lipinski definition) is 8. The predicted octanol–water partition coefficient (Wildman–Crippen LogP) is 4.13. The van der Waals surface area contributed by atoms with Crippen LogP contribution >= 0.6 is 0 Å². The number of aromatic nitrogens is 4. The molecule has 2 aromatic heterocycles. The van der Waals surface area contributed by atoms with Gasteiger partial charge >= 0.3 is 10.2 Å². The molecule has 0 amide bonds. The smallest absolute Gasteiger partial charge is 0.323 e. The summed E-state index contributed by atoms with van der Waals surface area (Å²) in [5, 5.41) is 16.6. The molecule has 1 aromatic carbocycles. The SMILES string of the molecule is CCC1=CC=CCN1S(=O)(=O)Nc1ccc(Nc2nc(NC3CCC(O)CC3)nc3c2ncn3CC)cc1. The molecular formula is C26H34N8O3S. The molecule has 12 heteroatoms. The van der Waals surface area contributed by atoms with Crippen molar-refractivity contribution < 1.29 is 13.5 Å². The molecule has 0 atom stereocenters. The number of aliphatic hydroxyl groups is 1. The monoisotopic (exact) mass is 538 g/mol. The van der Waals surface area contributed by atoms with E-state index in [0.29, 0.717) is 35.9 Å². The molecule has 202 valence electrons. The summed E-state index contributed by atoms with van der Waals surface area (Å²) in [5.74, 6) is 1.07. The van der Waals surface area contributed by atoms with E-state index in [-0.39, 0.29) is 12.1 Å². The van der Waals surface area contributed by atoms with Gasteiger partial charge in [-0.25, -0.2) is 4.98 Å². The maximum atomic E-state index is 13.0. The molecule has 5 rings (SSSR count). The fourth-order valence-electron chi connectivity index (χ4n) is 4.78. The van der Waals surface area contributed by atoms with Gasteiger partial charge in [0, 0.05) is 24.0 Å². The molecule has 0 radical (unpaired) electrons. The molecule has 0 bridgehead atoms. The first kappa shape index (κ1) is 26.0. The highest BCUT2D eigenvalue weighted by Gasteiger charge is 2.24. The van der Waals surface area contributed by atoms with Gasteiger partial charge in [0.15, 0.2) is 17.0 Å². The summed E-state index contributed by atoms with van der Waals surface area (Å²) in [6.45, 7) is 4.99. The summed E-state index contributed by atoms with van der Waals surface area (Å²) in [6, 6.07) is 7.22.